The Balaban J connectivity index is 2.57. The highest BCUT2D eigenvalue weighted by Crippen LogP contribution is 2.20. The number of carbonyl (C=O) groups is 2. The topological polar surface area (TPSA) is 74.6 Å². The van der Waals surface area contributed by atoms with E-state index in [-0.39, 0.29) is 12.8 Å². The average molecular weight is 421 g/mol. The molecule has 30 heavy (non-hydrogen) atoms. The Morgan fingerprint density at radius 2 is 1.17 bits per heavy atom. The number of quaternary nitrogens is 1. The lowest BCUT2D eigenvalue weighted by Crippen LogP contribution is -2.50. The van der Waals surface area contributed by atoms with E-state index < -0.39 is 11.9 Å². The van der Waals surface area contributed by atoms with E-state index in [9.17, 15) is 19.8 Å². The van der Waals surface area contributed by atoms with Crippen molar-refractivity contribution in [3.63, 3.8) is 0 Å². The summed E-state index contributed by atoms with van der Waals surface area (Å²) < 4.78 is 0.541. The van der Waals surface area contributed by atoms with Crippen molar-refractivity contribution >= 4 is 11.9 Å². The molecule has 0 bridgehead atoms. The quantitative estimate of drug-likeness (QED) is 0.217. The van der Waals surface area contributed by atoms with Crippen LogP contribution in [-0.2, 0) is 16.1 Å². The monoisotopic (exact) mass is 420 g/mol. The molecule has 0 radical (unpaired) electrons. The van der Waals surface area contributed by atoms with Crippen molar-refractivity contribution in [3.8, 4) is 0 Å². The number of hydrogen-bond donors (Lipinski definition) is 2. The summed E-state index contributed by atoms with van der Waals surface area (Å²) in [6.45, 7) is 4.73. The Morgan fingerprint density at radius 3 is 1.63 bits per heavy atom. The van der Waals surface area contributed by atoms with Crippen LogP contribution in [0, 0.1) is 0 Å². The van der Waals surface area contributed by atoms with Gasteiger partial charge in [0.15, 0.2) is 0 Å². The number of unbranched alkanes of at least 4 members (excludes halogenated alkanes) is 9. The summed E-state index contributed by atoms with van der Waals surface area (Å²) in [5.74, 6) is -1.63. The molecule has 0 saturated carbocycles. The lowest BCUT2D eigenvalue weighted by molar-refractivity contribution is -0.940. The smallest absolute Gasteiger partial charge is 0.309 e. The zero-order chi connectivity index (χ0) is 22.1. The molecule has 0 amide bonds. The van der Waals surface area contributed by atoms with Crippen molar-refractivity contribution in [2.45, 2.75) is 90.5 Å². The molecule has 0 atom stereocenters. The third-order valence-electron chi connectivity index (χ3n) is 5.95. The van der Waals surface area contributed by atoms with Crippen molar-refractivity contribution in [1.29, 1.82) is 0 Å². The number of benzene rings is 1. The van der Waals surface area contributed by atoms with Crippen LogP contribution in [0.3, 0.4) is 0 Å². The van der Waals surface area contributed by atoms with E-state index in [0.29, 0.717) is 24.1 Å². The Bertz CT molecular complexity index is 570. The summed E-state index contributed by atoms with van der Waals surface area (Å²) in [4.78, 5) is 22.5. The Morgan fingerprint density at radius 1 is 0.700 bits per heavy atom. The molecule has 0 heterocycles. The molecule has 0 spiro atoms. The van der Waals surface area contributed by atoms with Gasteiger partial charge < -0.3 is 14.7 Å². The van der Waals surface area contributed by atoms with Crippen LogP contribution in [0.15, 0.2) is 30.3 Å². The van der Waals surface area contributed by atoms with Crippen LogP contribution < -0.4 is 0 Å². The summed E-state index contributed by atoms with van der Waals surface area (Å²) >= 11 is 0. The predicted molar refractivity (Wildman–Crippen MR) is 121 cm³/mol. The van der Waals surface area contributed by atoms with E-state index >= 15 is 0 Å². The molecular formula is C25H42NO4+. The molecule has 0 aliphatic rings. The SMILES string of the molecule is CCCCCCCCCCCC[N+](CCC(=O)O)(CCC(=O)O)Cc1ccccc1. The van der Waals surface area contributed by atoms with E-state index in [1.165, 1.54) is 51.4 Å². The molecule has 0 unspecified atom stereocenters. The number of rotatable bonds is 19. The van der Waals surface area contributed by atoms with Gasteiger partial charge in [-0.1, -0.05) is 88.6 Å². The minimum absolute atomic E-state index is 0.0736. The number of hydrogen-bond acceptors (Lipinski definition) is 2. The molecule has 0 aromatic heterocycles. The first-order valence-electron chi connectivity index (χ1n) is 11.8. The highest BCUT2D eigenvalue weighted by atomic mass is 16.4. The molecule has 1 aromatic carbocycles. The van der Waals surface area contributed by atoms with Gasteiger partial charge in [-0.15, -0.1) is 0 Å². The van der Waals surface area contributed by atoms with E-state index in [1.54, 1.807) is 0 Å². The fourth-order valence-electron chi connectivity index (χ4n) is 4.14. The van der Waals surface area contributed by atoms with E-state index in [2.05, 4.69) is 6.92 Å². The van der Waals surface area contributed by atoms with Crippen molar-refractivity contribution in [2.24, 2.45) is 0 Å². The van der Waals surface area contributed by atoms with E-state index in [4.69, 9.17) is 0 Å². The van der Waals surface area contributed by atoms with E-state index in [0.717, 1.165) is 24.9 Å². The molecule has 0 aliphatic heterocycles. The predicted octanol–water partition coefficient (Wildman–Crippen LogP) is 5.87. The maximum atomic E-state index is 11.3. The first-order valence-corrected chi connectivity index (χ1v) is 11.8. The summed E-state index contributed by atoms with van der Waals surface area (Å²) in [6, 6.07) is 10.0. The van der Waals surface area contributed by atoms with Crippen LogP contribution in [0.2, 0.25) is 0 Å². The van der Waals surface area contributed by atoms with Gasteiger partial charge in [-0.25, -0.2) is 0 Å². The molecule has 0 saturated heterocycles. The summed E-state index contributed by atoms with van der Waals surface area (Å²) in [6.07, 6.45) is 12.7. The molecule has 170 valence electrons. The molecular weight excluding hydrogens is 378 g/mol. The lowest BCUT2D eigenvalue weighted by Gasteiger charge is -2.38. The lowest BCUT2D eigenvalue weighted by atomic mass is 10.1. The normalized spacial score (nSPS) is 11.5. The minimum atomic E-state index is -0.816. The molecule has 5 nitrogen and oxygen atoms in total. The number of carboxylic acid groups (broad SMARTS) is 2. The van der Waals surface area contributed by atoms with Gasteiger partial charge in [0.25, 0.3) is 0 Å². The largest absolute Gasteiger partial charge is 0.481 e. The summed E-state index contributed by atoms with van der Waals surface area (Å²) in [5, 5.41) is 18.5. The van der Waals surface area contributed by atoms with Gasteiger partial charge >= 0.3 is 11.9 Å². The second kappa shape index (κ2) is 15.9. The van der Waals surface area contributed by atoms with Gasteiger partial charge in [-0.3, -0.25) is 9.59 Å². The average Bonchev–Trinajstić information content (AvgIpc) is 2.72. The van der Waals surface area contributed by atoms with Gasteiger partial charge in [0, 0.05) is 5.56 Å². The van der Waals surface area contributed by atoms with Crippen LogP contribution in [0.5, 0.6) is 0 Å². The van der Waals surface area contributed by atoms with E-state index in [1.807, 2.05) is 30.3 Å². The van der Waals surface area contributed by atoms with Crippen molar-refractivity contribution in [1.82, 2.24) is 0 Å². The number of nitrogens with zero attached hydrogens (tertiary/aromatic N) is 1. The molecule has 1 rings (SSSR count). The van der Waals surface area contributed by atoms with Gasteiger partial charge in [0.2, 0.25) is 0 Å². The fraction of sp³-hybridized carbons (Fsp3) is 0.680. The highest BCUT2D eigenvalue weighted by Gasteiger charge is 2.29. The molecule has 0 aliphatic carbocycles. The van der Waals surface area contributed by atoms with Crippen LogP contribution in [0.4, 0.5) is 0 Å². The van der Waals surface area contributed by atoms with Crippen molar-refractivity contribution < 1.29 is 24.3 Å². The zero-order valence-corrected chi connectivity index (χ0v) is 18.9. The highest BCUT2D eigenvalue weighted by molar-refractivity contribution is 5.67. The Hall–Kier alpha value is -1.88. The summed E-state index contributed by atoms with van der Waals surface area (Å²) in [5.41, 5.74) is 1.14. The maximum absolute atomic E-state index is 11.3. The number of carboxylic acids is 2. The third kappa shape index (κ3) is 12.6. The standard InChI is InChI=1S/C25H41NO4/c1-2-3-4-5-6-7-8-9-10-14-19-26(20-17-24(27)28,21-18-25(29)30)22-23-15-12-11-13-16-23/h11-13,15-16H,2-10,14,17-22H2,1H3,(H-,27,28,29,30)/p+1. The maximum Gasteiger partial charge on any atom is 0.309 e. The van der Waals surface area contributed by atoms with Crippen LogP contribution in [0.1, 0.15) is 89.5 Å². The zero-order valence-electron chi connectivity index (χ0n) is 18.9. The molecule has 5 heteroatoms. The molecule has 2 N–H and O–H groups in total. The van der Waals surface area contributed by atoms with Gasteiger partial charge in [-0.05, 0) is 12.8 Å². The third-order valence-corrected chi connectivity index (χ3v) is 5.95. The molecule has 1 aromatic rings. The second-order valence-electron chi connectivity index (χ2n) is 8.63. The first kappa shape index (κ1) is 26.2. The van der Waals surface area contributed by atoms with Crippen molar-refractivity contribution in [3.05, 3.63) is 35.9 Å². The van der Waals surface area contributed by atoms with Crippen LogP contribution in [0.25, 0.3) is 0 Å². The molecule has 0 fully saturated rings. The van der Waals surface area contributed by atoms with Gasteiger partial charge in [0.1, 0.15) is 6.54 Å². The van der Waals surface area contributed by atoms with Crippen LogP contribution in [-0.4, -0.2) is 46.3 Å². The number of aliphatic carboxylic acids is 2. The Kier molecular flexibility index (Phi) is 13.9. The first-order chi connectivity index (χ1) is 14.5. The van der Waals surface area contributed by atoms with Gasteiger partial charge in [-0.2, -0.15) is 0 Å². The second-order valence-corrected chi connectivity index (χ2v) is 8.63. The van der Waals surface area contributed by atoms with Crippen molar-refractivity contribution in [2.75, 3.05) is 19.6 Å². The summed E-state index contributed by atoms with van der Waals surface area (Å²) in [7, 11) is 0. The minimum Gasteiger partial charge on any atom is -0.481 e. The Labute approximate surface area is 182 Å². The van der Waals surface area contributed by atoms with Crippen LogP contribution >= 0.6 is 0 Å². The fourth-order valence-corrected chi connectivity index (χ4v) is 4.14. The van der Waals surface area contributed by atoms with Gasteiger partial charge in [0.05, 0.1) is 32.5 Å².